The summed E-state index contributed by atoms with van der Waals surface area (Å²) in [6, 6.07) is 4.46. The molecule has 2 N–H and O–H groups in total. The standard InChI is InChI=1S/C12H22N4/c1-9(2)11(4)13-7-8-14-12-6-5-10(3)15-16-12/h5-6,9,11,13H,7-8H2,1-4H3,(H,14,16). The van der Waals surface area contributed by atoms with Crippen LogP contribution in [0.15, 0.2) is 12.1 Å². The van der Waals surface area contributed by atoms with Crippen molar-refractivity contribution in [1.29, 1.82) is 0 Å². The lowest BCUT2D eigenvalue weighted by Gasteiger charge is -2.17. The maximum Gasteiger partial charge on any atom is 0.148 e. The summed E-state index contributed by atoms with van der Waals surface area (Å²) in [5.74, 6) is 1.50. The van der Waals surface area contributed by atoms with Crippen LogP contribution in [-0.4, -0.2) is 29.3 Å². The molecule has 4 heteroatoms. The summed E-state index contributed by atoms with van der Waals surface area (Å²) in [6.07, 6.45) is 0. The first-order valence-electron chi connectivity index (χ1n) is 5.87. The van der Waals surface area contributed by atoms with Gasteiger partial charge in [-0.1, -0.05) is 13.8 Å². The fraction of sp³-hybridized carbons (Fsp3) is 0.667. The van der Waals surface area contributed by atoms with Crippen LogP contribution < -0.4 is 10.6 Å². The molecule has 1 heterocycles. The molecule has 0 amide bonds. The van der Waals surface area contributed by atoms with Crippen LogP contribution in [0.5, 0.6) is 0 Å². The Morgan fingerprint density at radius 2 is 1.88 bits per heavy atom. The molecular formula is C12H22N4. The maximum atomic E-state index is 4.04. The fourth-order valence-electron chi connectivity index (χ4n) is 1.22. The van der Waals surface area contributed by atoms with Crippen LogP contribution in [0.3, 0.4) is 0 Å². The second-order valence-electron chi connectivity index (χ2n) is 4.47. The SMILES string of the molecule is Cc1ccc(NCCNC(C)C(C)C)nn1. The predicted molar refractivity (Wildman–Crippen MR) is 67.6 cm³/mol. The van der Waals surface area contributed by atoms with Crippen molar-refractivity contribution in [1.82, 2.24) is 15.5 Å². The van der Waals surface area contributed by atoms with Gasteiger partial charge in [0.25, 0.3) is 0 Å². The molecule has 0 fully saturated rings. The molecule has 16 heavy (non-hydrogen) atoms. The van der Waals surface area contributed by atoms with Crippen molar-refractivity contribution >= 4 is 5.82 Å². The Morgan fingerprint density at radius 3 is 2.44 bits per heavy atom. The zero-order valence-corrected chi connectivity index (χ0v) is 10.6. The predicted octanol–water partition coefficient (Wildman–Crippen LogP) is 1.83. The first-order chi connectivity index (χ1) is 7.59. The summed E-state index contributed by atoms with van der Waals surface area (Å²) in [6.45, 7) is 10.4. The zero-order chi connectivity index (χ0) is 12.0. The van der Waals surface area contributed by atoms with Crippen LogP contribution in [0.2, 0.25) is 0 Å². The summed E-state index contributed by atoms with van der Waals surface area (Å²) in [5.41, 5.74) is 0.942. The minimum absolute atomic E-state index is 0.547. The van der Waals surface area contributed by atoms with Crippen LogP contribution in [-0.2, 0) is 0 Å². The summed E-state index contributed by atoms with van der Waals surface area (Å²) < 4.78 is 0. The van der Waals surface area contributed by atoms with Crippen molar-refractivity contribution in [3.8, 4) is 0 Å². The lowest BCUT2D eigenvalue weighted by atomic mass is 10.1. The van der Waals surface area contributed by atoms with Gasteiger partial charge >= 0.3 is 0 Å². The van der Waals surface area contributed by atoms with E-state index in [-0.39, 0.29) is 0 Å². The number of aromatic nitrogens is 2. The number of nitrogens with one attached hydrogen (secondary N) is 2. The Hall–Kier alpha value is -1.16. The molecule has 0 aliphatic carbocycles. The summed E-state index contributed by atoms with van der Waals surface area (Å²) in [4.78, 5) is 0. The Morgan fingerprint density at radius 1 is 1.12 bits per heavy atom. The van der Waals surface area contributed by atoms with Crippen molar-refractivity contribution in [3.05, 3.63) is 17.8 Å². The first kappa shape index (κ1) is 12.9. The highest BCUT2D eigenvalue weighted by Gasteiger charge is 2.04. The monoisotopic (exact) mass is 222 g/mol. The van der Waals surface area contributed by atoms with Gasteiger partial charge in [-0.2, -0.15) is 5.10 Å². The molecule has 1 unspecified atom stereocenters. The molecule has 0 bridgehead atoms. The molecule has 1 aromatic rings. The van der Waals surface area contributed by atoms with Gasteiger partial charge in [0.2, 0.25) is 0 Å². The highest BCUT2D eigenvalue weighted by molar-refractivity contribution is 5.32. The molecule has 4 nitrogen and oxygen atoms in total. The van der Waals surface area contributed by atoms with Crippen molar-refractivity contribution in [2.75, 3.05) is 18.4 Å². The van der Waals surface area contributed by atoms with Gasteiger partial charge in [0, 0.05) is 19.1 Å². The molecule has 1 rings (SSSR count). The van der Waals surface area contributed by atoms with Crippen LogP contribution in [0.25, 0.3) is 0 Å². The highest BCUT2D eigenvalue weighted by atomic mass is 15.2. The number of hydrogen-bond acceptors (Lipinski definition) is 4. The van der Waals surface area contributed by atoms with E-state index in [2.05, 4.69) is 41.6 Å². The molecule has 0 spiro atoms. The van der Waals surface area contributed by atoms with E-state index in [1.807, 2.05) is 19.1 Å². The number of anilines is 1. The largest absolute Gasteiger partial charge is 0.367 e. The quantitative estimate of drug-likeness (QED) is 0.721. The highest BCUT2D eigenvalue weighted by Crippen LogP contribution is 2.01. The van der Waals surface area contributed by atoms with Crippen LogP contribution in [0.4, 0.5) is 5.82 Å². The van der Waals surface area contributed by atoms with Gasteiger partial charge in [-0.15, -0.1) is 5.10 Å². The average molecular weight is 222 g/mol. The molecule has 0 radical (unpaired) electrons. The van der Waals surface area contributed by atoms with E-state index in [1.165, 1.54) is 0 Å². The van der Waals surface area contributed by atoms with Gasteiger partial charge in [0.1, 0.15) is 5.82 Å². The molecular weight excluding hydrogens is 200 g/mol. The minimum Gasteiger partial charge on any atom is -0.367 e. The smallest absolute Gasteiger partial charge is 0.148 e. The zero-order valence-electron chi connectivity index (χ0n) is 10.6. The molecule has 0 saturated carbocycles. The minimum atomic E-state index is 0.547. The van der Waals surface area contributed by atoms with E-state index in [4.69, 9.17) is 0 Å². The van der Waals surface area contributed by atoms with Crippen molar-refractivity contribution in [2.45, 2.75) is 33.7 Å². The van der Waals surface area contributed by atoms with E-state index in [9.17, 15) is 0 Å². The summed E-state index contributed by atoms with van der Waals surface area (Å²) in [7, 11) is 0. The fourth-order valence-corrected chi connectivity index (χ4v) is 1.22. The topological polar surface area (TPSA) is 49.8 Å². The average Bonchev–Trinajstić information content (AvgIpc) is 2.26. The molecule has 1 aromatic heterocycles. The number of aryl methyl sites for hydroxylation is 1. The Labute approximate surface area is 97.9 Å². The molecule has 0 saturated heterocycles. The van der Waals surface area contributed by atoms with E-state index in [1.54, 1.807) is 0 Å². The van der Waals surface area contributed by atoms with Gasteiger partial charge in [0.15, 0.2) is 0 Å². The van der Waals surface area contributed by atoms with E-state index < -0.39 is 0 Å². The molecule has 90 valence electrons. The Kier molecular flexibility index (Phi) is 5.19. The maximum absolute atomic E-state index is 4.04. The third-order valence-corrected chi connectivity index (χ3v) is 2.70. The Balaban J connectivity index is 2.18. The number of hydrogen-bond donors (Lipinski definition) is 2. The Bertz CT molecular complexity index is 294. The van der Waals surface area contributed by atoms with Crippen LogP contribution in [0, 0.1) is 12.8 Å². The second-order valence-corrected chi connectivity index (χ2v) is 4.47. The summed E-state index contributed by atoms with van der Waals surface area (Å²) >= 11 is 0. The lowest BCUT2D eigenvalue weighted by molar-refractivity contribution is 0.434. The second kappa shape index (κ2) is 6.43. The van der Waals surface area contributed by atoms with Gasteiger partial charge in [-0.05, 0) is 31.9 Å². The van der Waals surface area contributed by atoms with Gasteiger partial charge in [0.05, 0.1) is 5.69 Å². The van der Waals surface area contributed by atoms with E-state index in [0.29, 0.717) is 12.0 Å². The van der Waals surface area contributed by atoms with Crippen LogP contribution in [0.1, 0.15) is 26.5 Å². The van der Waals surface area contributed by atoms with Crippen LogP contribution >= 0.6 is 0 Å². The van der Waals surface area contributed by atoms with Gasteiger partial charge in [-0.3, -0.25) is 0 Å². The third kappa shape index (κ3) is 4.57. The van der Waals surface area contributed by atoms with E-state index in [0.717, 1.165) is 24.6 Å². The normalized spacial score (nSPS) is 12.8. The third-order valence-electron chi connectivity index (χ3n) is 2.70. The summed E-state index contributed by atoms with van der Waals surface area (Å²) in [5, 5.41) is 14.7. The van der Waals surface area contributed by atoms with Crippen molar-refractivity contribution in [2.24, 2.45) is 5.92 Å². The van der Waals surface area contributed by atoms with Crippen molar-refractivity contribution in [3.63, 3.8) is 0 Å². The molecule has 0 aromatic carbocycles. The number of nitrogens with zero attached hydrogens (tertiary/aromatic N) is 2. The van der Waals surface area contributed by atoms with Gasteiger partial charge in [-0.25, -0.2) is 0 Å². The van der Waals surface area contributed by atoms with Gasteiger partial charge < -0.3 is 10.6 Å². The molecule has 0 aliphatic heterocycles. The molecule has 1 atom stereocenters. The molecule has 0 aliphatic rings. The van der Waals surface area contributed by atoms with Crippen molar-refractivity contribution < 1.29 is 0 Å². The first-order valence-corrected chi connectivity index (χ1v) is 5.87. The number of rotatable bonds is 6. The van der Waals surface area contributed by atoms with E-state index >= 15 is 0 Å². The lowest BCUT2D eigenvalue weighted by Crippen LogP contribution is -2.34.